The Hall–Kier alpha value is -2.41. The first kappa shape index (κ1) is 19.4. The van der Waals surface area contributed by atoms with E-state index < -0.39 is 0 Å². The van der Waals surface area contributed by atoms with Crippen molar-refractivity contribution in [3.8, 4) is 5.75 Å². The van der Waals surface area contributed by atoms with Crippen LogP contribution >= 0.6 is 11.3 Å². The molecule has 0 radical (unpaired) electrons. The van der Waals surface area contributed by atoms with E-state index in [0.717, 1.165) is 17.7 Å². The Morgan fingerprint density at radius 3 is 2.96 bits per heavy atom. The highest BCUT2D eigenvalue weighted by atomic mass is 32.1. The summed E-state index contributed by atoms with van der Waals surface area (Å²) in [6.45, 7) is 5.63. The third kappa shape index (κ3) is 4.66. The van der Waals surface area contributed by atoms with E-state index >= 15 is 0 Å². The zero-order chi connectivity index (χ0) is 19.4. The van der Waals surface area contributed by atoms with Gasteiger partial charge in [0, 0.05) is 38.1 Å². The van der Waals surface area contributed by atoms with Crippen molar-refractivity contribution in [1.29, 1.82) is 0 Å². The molecule has 1 aliphatic rings. The standard InChI is InChI=1S/C20H25N3O3S/c1-14-5-6-15(2)17(11-14)26-9-4-8-22(3)19(25)16-12-18(24)23(13-16)20-21-7-10-27-20/h5-7,10-11,16H,4,8-9,12-13H2,1-3H3. The van der Waals surface area contributed by atoms with Gasteiger partial charge >= 0.3 is 0 Å². The lowest BCUT2D eigenvalue weighted by atomic mass is 10.1. The fourth-order valence-corrected chi connectivity index (χ4v) is 3.84. The second-order valence-electron chi connectivity index (χ2n) is 6.95. The molecule has 27 heavy (non-hydrogen) atoms. The van der Waals surface area contributed by atoms with Gasteiger partial charge in [-0.25, -0.2) is 4.98 Å². The first-order chi connectivity index (χ1) is 13.0. The van der Waals surface area contributed by atoms with Gasteiger partial charge in [-0.1, -0.05) is 12.1 Å². The lowest BCUT2D eigenvalue weighted by Gasteiger charge is -2.21. The van der Waals surface area contributed by atoms with Crippen molar-refractivity contribution in [2.75, 3.05) is 31.6 Å². The second-order valence-corrected chi connectivity index (χ2v) is 7.82. The predicted octanol–water partition coefficient (Wildman–Crippen LogP) is 3.04. The smallest absolute Gasteiger partial charge is 0.229 e. The molecule has 144 valence electrons. The lowest BCUT2D eigenvalue weighted by molar-refractivity contribution is -0.134. The molecule has 1 atom stereocenters. The highest BCUT2D eigenvalue weighted by Gasteiger charge is 2.37. The Balaban J connectivity index is 1.45. The zero-order valence-corrected chi connectivity index (χ0v) is 16.8. The number of benzene rings is 1. The molecule has 1 aliphatic heterocycles. The molecule has 7 heteroatoms. The van der Waals surface area contributed by atoms with Crippen LogP contribution in [0.5, 0.6) is 5.75 Å². The van der Waals surface area contributed by atoms with Crippen molar-refractivity contribution >= 4 is 28.3 Å². The van der Waals surface area contributed by atoms with E-state index in [0.29, 0.717) is 24.8 Å². The van der Waals surface area contributed by atoms with Crippen molar-refractivity contribution in [3.63, 3.8) is 0 Å². The number of nitrogens with zero attached hydrogens (tertiary/aromatic N) is 3. The normalized spacial score (nSPS) is 16.6. The van der Waals surface area contributed by atoms with Gasteiger partial charge in [0.1, 0.15) is 5.75 Å². The Morgan fingerprint density at radius 1 is 1.41 bits per heavy atom. The molecule has 1 fully saturated rings. The number of hydrogen-bond donors (Lipinski definition) is 0. The van der Waals surface area contributed by atoms with Crippen LogP contribution in [0, 0.1) is 19.8 Å². The van der Waals surface area contributed by atoms with Crippen LogP contribution in [-0.2, 0) is 9.59 Å². The van der Waals surface area contributed by atoms with E-state index in [1.807, 2.05) is 31.4 Å². The van der Waals surface area contributed by atoms with Gasteiger partial charge in [-0.15, -0.1) is 11.3 Å². The first-order valence-electron chi connectivity index (χ1n) is 9.10. The number of aromatic nitrogens is 1. The molecule has 1 saturated heterocycles. The minimum absolute atomic E-state index is 0.00847. The molecule has 2 amide bonds. The number of carbonyl (C=O) groups excluding carboxylic acids is 2. The summed E-state index contributed by atoms with van der Waals surface area (Å²) in [7, 11) is 1.79. The van der Waals surface area contributed by atoms with Crippen LogP contribution in [0.15, 0.2) is 29.8 Å². The molecule has 0 spiro atoms. The van der Waals surface area contributed by atoms with Crippen LogP contribution in [0.1, 0.15) is 24.0 Å². The Bertz CT molecular complexity index is 807. The summed E-state index contributed by atoms with van der Waals surface area (Å²) < 4.78 is 5.85. The molecule has 3 rings (SSSR count). The van der Waals surface area contributed by atoms with E-state index in [1.54, 1.807) is 23.0 Å². The molecule has 0 aliphatic carbocycles. The maximum atomic E-state index is 12.7. The van der Waals surface area contributed by atoms with Crippen molar-refractivity contribution in [2.45, 2.75) is 26.7 Å². The summed E-state index contributed by atoms with van der Waals surface area (Å²) in [5.74, 6) is 0.569. The summed E-state index contributed by atoms with van der Waals surface area (Å²) in [6.07, 6.45) is 2.67. The largest absolute Gasteiger partial charge is 0.493 e. The fraction of sp³-hybridized carbons (Fsp3) is 0.450. The second kappa shape index (κ2) is 8.52. The molecule has 2 heterocycles. The number of anilines is 1. The number of thiazole rings is 1. The van der Waals surface area contributed by atoms with Gasteiger partial charge in [0.15, 0.2) is 5.13 Å². The predicted molar refractivity (Wildman–Crippen MR) is 106 cm³/mol. The molecule has 1 unspecified atom stereocenters. The van der Waals surface area contributed by atoms with Gasteiger partial charge in [0.2, 0.25) is 11.8 Å². The molecular weight excluding hydrogens is 362 g/mol. The molecule has 0 bridgehead atoms. The highest BCUT2D eigenvalue weighted by Crippen LogP contribution is 2.27. The zero-order valence-electron chi connectivity index (χ0n) is 16.0. The minimum Gasteiger partial charge on any atom is -0.493 e. The summed E-state index contributed by atoms with van der Waals surface area (Å²) in [5.41, 5.74) is 2.27. The molecule has 2 aromatic rings. The first-order valence-corrected chi connectivity index (χ1v) is 9.98. The van der Waals surface area contributed by atoms with Crippen LogP contribution in [0.25, 0.3) is 0 Å². The summed E-state index contributed by atoms with van der Waals surface area (Å²) in [5, 5.41) is 2.50. The van der Waals surface area contributed by atoms with Crippen molar-refractivity contribution in [2.24, 2.45) is 5.92 Å². The van der Waals surface area contributed by atoms with Gasteiger partial charge < -0.3 is 9.64 Å². The summed E-state index contributed by atoms with van der Waals surface area (Å²) in [6, 6.07) is 6.14. The number of ether oxygens (including phenoxy) is 1. The molecule has 1 aromatic heterocycles. The topological polar surface area (TPSA) is 62.7 Å². The van der Waals surface area contributed by atoms with E-state index in [9.17, 15) is 9.59 Å². The third-order valence-electron chi connectivity index (χ3n) is 4.74. The maximum Gasteiger partial charge on any atom is 0.229 e. The van der Waals surface area contributed by atoms with Gasteiger partial charge in [0.25, 0.3) is 0 Å². The Kier molecular flexibility index (Phi) is 6.11. The van der Waals surface area contributed by atoms with Crippen LogP contribution in [0.3, 0.4) is 0 Å². The van der Waals surface area contributed by atoms with E-state index in [-0.39, 0.29) is 24.2 Å². The Morgan fingerprint density at radius 2 is 2.22 bits per heavy atom. The molecule has 0 N–H and O–H groups in total. The third-order valence-corrected chi connectivity index (χ3v) is 5.53. The van der Waals surface area contributed by atoms with Gasteiger partial charge in [-0.05, 0) is 37.5 Å². The van der Waals surface area contributed by atoms with Crippen molar-refractivity contribution in [3.05, 3.63) is 40.9 Å². The molecule has 1 aromatic carbocycles. The quantitative estimate of drug-likeness (QED) is 0.685. The number of rotatable bonds is 7. The van der Waals surface area contributed by atoms with E-state index in [2.05, 4.69) is 11.1 Å². The summed E-state index contributed by atoms with van der Waals surface area (Å²) >= 11 is 1.42. The summed E-state index contributed by atoms with van der Waals surface area (Å²) in [4.78, 5) is 32.3. The number of aryl methyl sites for hydroxylation is 2. The molecular formula is C20H25N3O3S. The Labute approximate surface area is 163 Å². The average molecular weight is 388 g/mol. The van der Waals surface area contributed by atoms with Gasteiger partial charge in [0.05, 0.1) is 12.5 Å². The van der Waals surface area contributed by atoms with Crippen molar-refractivity contribution in [1.82, 2.24) is 9.88 Å². The van der Waals surface area contributed by atoms with Gasteiger partial charge in [-0.3, -0.25) is 14.5 Å². The average Bonchev–Trinajstić information content (AvgIpc) is 3.30. The number of amides is 2. The maximum absolute atomic E-state index is 12.7. The van der Waals surface area contributed by atoms with E-state index in [1.165, 1.54) is 16.9 Å². The lowest BCUT2D eigenvalue weighted by Crippen LogP contribution is -2.35. The number of carbonyl (C=O) groups is 2. The van der Waals surface area contributed by atoms with Crippen molar-refractivity contribution < 1.29 is 14.3 Å². The highest BCUT2D eigenvalue weighted by molar-refractivity contribution is 7.13. The molecule has 0 saturated carbocycles. The van der Waals surface area contributed by atoms with Crippen LogP contribution in [-0.4, -0.2) is 48.4 Å². The number of hydrogen-bond acceptors (Lipinski definition) is 5. The molecule has 6 nitrogen and oxygen atoms in total. The van der Waals surface area contributed by atoms with Crippen LogP contribution in [0.2, 0.25) is 0 Å². The monoisotopic (exact) mass is 387 g/mol. The minimum atomic E-state index is -0.300. The fourth-order valence-electron chi connectivity index (χ4n) is 3.18. The van der Waals surface area contributed by atoms with Gasteiger partial charge in [-0.2, -0.15) is 0 Å². The van der Waals surface area contributed by atoms with Crippen LogP contribution < -0.4 is 9.64 Å². The SMILES string of the molecule is Cc1ccc(C)c(OCCCN(C)C(=O)C2CC(=O)N(c3nccs3)C2)c1. The van der Waals surface area contributed by atoms with Crippen LogP contribution in [0.4, 0.5) is 5.13 Å². The van der Waals surface area contributed by atoms with E-state index in [4.69, 9.17) is 4.74 Å².